The normalized spacial score (nSPS) is 24.2. The van der Waals surface area contributed by atoms with Gasteiger partial charge in [-0.15, -0.1) is 0 Å². The molecule has 1 saturated heterocycles. The molecule has 1 unspecified atom stereocenters. The van der Waals surface area contributed by atoms with Crippen molar-refractivity contribution in [3.8, 4) is 0 Å². The molecule has 5 heteroatoms. The van der Waals surface area contributed by atoms with Crippen molar-refractivity contribution in [2.75, 3.05) is 19.7 Å². The van der Waals surface area contributed by atoms with E-state index < -0.39 is 0 Å². The Hall–Kier alpha value is -0.390. The predicted molar refractivity (Wildman–Crippen MR) is 47.9 cm³/mol. The van der Waals surface area contributed by atoms with Gasteiger partial charge in [0.05, 0.1) is 23.0 Å². The van der Waals surface area contributed by atoms with E-state index in [1.165, 1.54) is 0 Å². The van der Waals surface area contributed by atoms with Crippen LogP contribution in [0.25, 0.3) is 0 Å². The van der Waals surface area contributed by atoms with Crippen molar-refractivity contribution >= 4 is 15.9 Å². The highest BCUT2D eigenvalue weighted by Gasteiger charge is 2.19. The second-order valence-electron chi connectivity index (χ2n) is 2.70. The number of nitrogens with one attached hydrogen (secondary N) is 2. The van der Waals surface area contributed by atoms with Crippen LogP contribution in [-0.2, 0) is 4.74 Å². The molecule has 1 fully saturated rings. The summed E-state index contributed by atoms with van der Waals surface area (Å²) in [6.45, 7) is 2.54. The van der Waals surface area contributed by atoms with Crippen LogP contribution >= 0.6 is 15.9 Å². The lowest BCUT2D eigenvalue weighted by Gasteiger charge is -2.22. The van der Waals surface area contributed by atoms with Gasteiger partial charge in [0.2, 0.25) is 0 Å². The van der Waals surface area contributed by atoms with Crippen molar-refractivity contribution in [3.05, 3.63) is 16.4 Å². The zero-order chi connectivity index (χ0) is 8.39. The number of hydrogen-bond acceptors (Lipinski definition) is 3. The molecule has 0 aliphatic carbocycles. The molecule has 2 heterocycles. The van der Waals surface area contributed by atoms with E-state index in [0.29, 0.717) is 0 Å². The maximum atomic E-state index is 5.54. The highest BCUT2D eigenvalue weighted by molar-refractivity contribution is 9.10. The van der Waals surface area contributed by atoms with Gasteiger partial charge in [0.15, 0.2) is 0 Å². The molecule has 0 saturated carbocycles. The monoisotopic (exact) mass is 231 g/mol. The smallest absolute Gasteiger partial charge is 0.112 e. The zero-order valence-corrected chi connectivity index (χ0v) is 8.10. The first-order valence-corrected chi connectivity index (χ1v) is 4.68. The Morgan fingerprint density at radius 2 is 2.58 bits per heavy atom. The summed E-state index contributed by atoms with van der Waals surface area (Å²) in [4.78, 5) is 0. The van der Waals surface area contributed by atoms with Gasteiger partial charge < -0.3 is 10.1 Å². The number of morpholine rings is 1. The number of H-pyrrole nitrogens is 1. The Bertz CT molecular complexity index is 257. The average molecular weight is 232 g/mol. The fourth-order valence-electron chi connectivity index (χ4n) is 1.26. The maximum absolute atomic E-state index is 5.54. The first-order valence-electron chi connectivity index (χ1n) is 3.89. The first kappa shape index (κ1) is 8.22. The van der Waals surface area contributed by atoms with Gasteiger partial charge >= 0.3 is 0 Å². The Labute approximate surface area is 78.8 Å². The van der Waals surface area contributed by atoms with Gasteiger partial charge in [-0.05, 0) is 15.9 Å². The third-order valence-electron chi connectivity index (χ3n) is 1.87. The second kappa shape index (κ2) is 3.55. The van der Waals surface area contributed by atoms with Crippen LogP contribution in [0, 0.1) is 0 Å². The van der Waals surface area contributed by atoms with Gasteiger partial charge in [-0.3, -0.25) is 5.10 Å². The summed E-state index contributed by atoms with van der Waals surface area (Å²) in [6, 6.07) is 0. The summed E-state index contributed by atoms with van der Waals surface area (Å²) in [5, 5.41) is 10.1. The van der Waals surface area contributed by atoms with E-state index in [0.717, 1.165) is 29.9 Å². The molecule has 0 bridgehead atoms. The minimum Gasteiger partial charge on any atom is -0.369 e. The molecule has 0 amide bonds. The zero-order valence-electron chi connectivity index (χ0n) is 6.51. The van der Waals surface area contributed by atoms with Crippen LogP contribution in [0.2, 0.25) is 0 Å². The summed E-state index contributed by atoms with van der Waals surface area (Å²) in [6.07, 6.45) is 1.85. The molecule has 1 aliphatic heterocycles. The molecule has 66 valence electrons. The molecule has 2 N–H and O–H groups in total. The van der Waals surface area contributed by atoms with Crippen molar-refractivity contribution in [3.63, 3.8) is 0 Å². The lowest BCUT2D eigenvalue weighted by molar-refractivity contribution is 0.0246. The molecule has 0 aromatic carbocycles. The van der Waals surface area contributed by atoms with Gasteiger partial charge in [0, 0.05) is 13.1 Å². The van der Waals surface area contributed by atoms with E-state index in [-0.39, 0.29) is 6.10 Å². The minimum absolute atomic E-state index is 0.107. The second-order valence-corrected chi connectivity index (χ2v) is 3.55. The van der Waals surface area contributed by atoms with Crippen LogP contribution < -0.4 is 5.32 Å². The predicted octanol–water partition coefficient (Wildman–Crippen LogP) is 0.833. The summed E-state index contributed by atoms with van der Waals surface area (Å²) in [5.41, 5.74) is 1.02. The van der Waals surface area contributed by atoms with Gasteiger partial charge in [-0.1, -0.05) is 0 Å². The fraction of sp³-hybridized carbons (Fsp3) is 0.571. The van der Waals surface area contributed by atoms with Crippen LogP contribution in [0.3, 0.4) is 0 Å². The molecule has 2 rings (SSSR count). The molecule has 0 spiro atoms. The van der Waals surface area contributed by atoms with Crippen molar-refractivity contribution in [1.82, 2.24) is 15.5 Å². The molecule has 0 radical (unpaired) electrons. The number of halogens is 1. The SMILES string of the molecule is Brc1cn[nH]c1C1CNCCO1. The topological polar surface area (TPSA) is 49.9 Å². The first-order chi connectivity index (χ1) is 5.88. The minimum atomic E-state index is 0.107. The molecule has 4 nitrogen and oxygen atoms in total. The lowest BCUT2D eigenvalue weighted by atomic mass is 10.2. The lowest BCUT2D eigenvalue weighted by Crippen LogP contribution is -2.33. The number of aromatic nitrogens is 2. The van der Waals surface area contributed by atoms with Crippen LogP contribution in [-0.4, -0.2) is 29.9 Å². The molecule has 1 atom stereocenters. The molecular formula is C7H10BrN3O. The van der Waals surface area contributed by atoms with Crippen LogP contribution in [0.1, 0.15) is 11.8 Å². The molecule has 1 aliphatic rings. The van der Waals surface area contributed by atoms with E-state index in [9.17, 15) is 0 Å². The number of hydrogen-bond donors (Lipinski definition) is 2. The highest BCUT2D eigenvalue weighted by Crippen LogP contribution is 2.23. The van der Waals surface area contributed by atoms with E-state index in [2.05, 4.69) is 31.4 Å². The third-order valence-corrected chi connectivity index (χ3v) is 2.50. The Kier molecular flexibility index (Phi) is 2.43. The van der Waals surface area contributed by atoms with E-state index in [4.69, 9.17) is 4.74 Å². The van der Waals surface area contributed by atoms with Gasteiger partial charge in [-0.25, -0.2) is 0 Å². The third kappa shape index (κ3) is 1.53. The number of ether oxygens (including phenoxy) is 1. The summed E-state index contributed by atoms with van der Waals surface area (Å²) in [7, 11) is 0. The van der Waals surface area contributed by atoms with Crippen LogP contribution in [0.15, 0.2) is 10.7 Å². The number of aromatic amines is 1. The van der Waals surface area contributed by atoms with Gasteiger partial charge in [-0.2, -0.15) is 5.10 Å². The standard InChI is InChI=1S/C7H10BrN3O/c8-5-3-10-11-7(5)6-4-9-1-2-12-6/h3,6,9H,1-2,4H2,(H,10,11). The van der Waals surface area contributed by atoms with Gasteiger partial charge in [0.25, 0.3) is 0 Å². The average Bonchev–Trinajstić information content (AvgIpc) is 2.53. The van der Waals surface area contributed by atoms with Gasteiger partial charge in [0.1, 0.15) is 6.10 Å². The Morgan fingerprint density at radius 1 is 1.67 bits per heavy atom. The molecular weight excluding hydrogens is 222 g/mol. The maximum Gasteiger partial charge on any atom is 0.112 e. The molecule has 1 aromatic rings. The molecule has 1 aromatic heterocycles. The number of rotatable bonds is 1. The molecule has 12 heavy (non-hydrogen) atoms. The highest BCUT2D eigenvalue weighted by atomic mass is 79.9. The quantitative estimate of drug-likeness (QED) is 0.754. The van der Waals surface area contributed by atoms with E-state index in [1.807, 2.05) is 0 Å². The summed E-state index contributed by atoms with van der Waals surface area (Å²) < 4.78 is 6.52. The van der Waals surface area contributed by atoms with E-state index >= 15 is 0 Å². The van der Waals surface area contributed by atoms with Crippen molar-refractivity contribution in [1.29, 1.82) is 0 Å². The Balaban J connectivity index is 2.13. The van der Waals surface area contributed by atoms with Crippen molar-refractivity contribution in [2.24, 2.45) is 0 Å². The summed E-state index contributed by atoms with van der Waals surface area (Å²) >= 11 is 3.40. The van der Waals surface area contributed by atoms with Crippen molar-refractivity contribution < 1.29 is 4.74 Å². The van der Waals surface area contributed by atoms with Crippen molar-refractivity contribution in [2.45, 2.75) is 6.10 Å². The fourth-order valence-corrected chi connectivity index (χ4v) is 1.70. The Morgan fingerprint density at radius 3 is 3.17 bits per heavy atom. The van der Waals surface area contributed by atoms with Crippen LogP contribution in [0.5, 0.6) is 0 Å². The largest absolute Gasteiger partial charge is 0.369 e. The summed E-state index contributed by atoms with van der Waals surface area (Å²) in [5.74, 6) is 0. The van der Waals surface area contributed by atoms with E-state index in [1.54, 1.807) is 6.20 Å². The van der Waals surface area contributed by atoms with Crippen LogP contribution in [0.4, 0.5) is 0 Å². The number of nitrogens with zero attached hydrogens (tertiary/aromatic N) is 1.